The summed E-state index contributed by atoms with van der Waals surface area (Å²) < 4.78 is 43.2. The van der Waals surface area contributed by atoms with E-state index in [1.165, 1.54) is 6.07 Å². The van der Waals surface area contributed by atoms with E-state index in [4.69, 9.17) is 16.3 Å². The number of hydrogen-bond acceptors (Lipinski definition) is 2. The summed E-state index contributed by atoms with van der Waals surface area (Å²) in [4.78, 5) is 1.76. The highest BCUT2D eigenvalue weighted by Gasteiger charge is 2.37. The standard InChI is InChI=1S/C10H9ClF3NO.C2H6/c1-15-4-6-2-7(11)3-8(10(12,13)14)9(6)16-5-15;1-2/h2-3H,4-5H2,1H3;1-2H3. The molecule has 0 fully saturated rings. The quantitative estimate of drug-likeness (QED) is 0.708. The number of nitrogens with zero attached hydrogens (tertiary/aromatic N) is 1. The summed E-state index contributed by atoms with van der Waals surface area (Å²) in [5, 5.41) is 0.0741. The number of fused-ring (bicyclic) bond motifs is 1. The van der Waals surface area contributed by atoms with Gasteiger partial charge < -0.3 is 4.74 Å². The Morgan fingerprint density at radius 3 is 2.44 bits per heavy atom. The molecule has 2 rings (SSSR count). The minimum Gasteiger partial charge on any atom is -0.477 e. The van der Waals surface area contributed by atoms with E-state index in [1.54, 1.807) is 11.9 Å². The van der Waals surface area contributed by atoms with Gasteiger partial charge in [0.05, 0.1) is 5.56 Å². The van der Waals surface area contributed by atoms with Crippen LogP contribution in [0.4, 0.5) is 13.2 Å². The van der Waals surface area contributed by atoms with Crippen LogP contribution in [0.1, 0.15) is 25.0 Å². The number of rotatable bonds is 0. The van der Waals surface area contributed by atoms with Gasteiger partial charge in [-0.2, -0.15) is 13.2 Å². The van der Waals surface area contributed by atoms with Crippen LogP contribution in [0.2, 0.25) is 5.02 Å². The van der Waals surface area contributed by atoms with Gasteiger partial charge >= 0.3 is 6.18 Å². The molecule has 6 heteroatoms. The lowest BCUT2D eigenvalue weighted by Crippen LogP contribution is -2.29. The molecule has 0 unspecified atom stereocenters. The molecule has 1 aliphatic rings. The van der Waals surface area contributed by atoms with Crippen LogP contribution in [-0.2, 0) is 12.7 Å². The van der Waals surface area contributed by atoms with Crippen LogP contribution in [0, 0.1) is 0 Å². The van der Waals surface area contributed by atoms with Gasteiger partial charge in [0.15, 0.2) is 0 Å². The number of ether oxygens (including phenoxy) is 1. The van der Waals surface area contributed by atoms with Crippen molar-refractivity contribution < 1.29 is 17.9 Å². The van der Waals surface area contributed by atoms with Gasteiger partial charge in [-0.05, 0) is 19.2 Å². The van der Waals surface area contributed by atoms with Crippen molar-refractivity contribution in [3.05, 3.63) is 28.3 Å². The van der Waals surface area contributed by atoms with Gasteiger partial charge in [0.25, 0.3) is 0 Å². The van der Waals surface area contributed by atoms with Gasteiger partial charge in [-0.15, -0.1) is 0 Å². The van der Waals surface area contributed by atoms with E-state index in [1.807, 2.05) is 13.8 Å². The molecule has 0 saturated carbocycles. The van der Waals surface area contributed by atoms with Crippen molar-refractivity contribution in [3.63, 3.8) is 0 Å². The first-order valence-corrected chi connectivity index (χ1v) is 5.96. The summed E-state index contributed by atoms with van der Waals surface area (Å²) in [5.74, 6) is -0.102. The molecule has 1 aromatic carbocycles. The van der Waals surface area contributed by atoms with Crippen LogP contribution in [0.5, 0.6) is 5.75 Å². The summed E-state index contributed by atoms with van der Waals surface area (Å²) in [6.07, 6.45) is -4.44. The summed E-state index contributed by atoms with van der Waals surface area (Å²) in [7, 11) is 1.76. The Kier molecular flexibility index (Phi) is 4.87. The lowest BCUT2D eigenvalue weighted by molar-refractivity contribution is -0.139. The van der Waals surface area contributed by atoms with Gasteiger partial charge in [0, 0.05) is 17.1 Å². The van der Waals surface area contributed by atoms with Crippen LogP contribution >= 0.6 is 11.6 Å². The summed E-state index contributed by atoms with van der Waals surface area (Å²) in [6.45, 7) is 4.55. The van der Waals surface area contributed by atoms with Crippen LogP contribution in [-0.4, -0.2) is 18.7 Å². The van der Waals surface area contributed by atoms with Gasteiger partial charge in [0.1, 0.15) is 12.5 Å². The molecule has 0 aromatic heterocycles. The number of halogens is 4. The lowest BCUT2D eigenvalue weighted by Gasteiger charge is -2.28. The fourth-order valence-electron chi connectivity index (χ4n) is 1.66. The molecule has 0 bridgehead atoms. The molecule has 0 spiro atoms. The van der Waals surface area contributed by atoms with Crippen molar-refractivity contribution in [2.75, 3.05) is 13.8 Å². The third-order valence-corrected chi connectivity index (χ3v) is 2.52. The molecule has 0 radical (unpaired) electrons. The number of benzene rings is 1. The third kappa shape index (κ3) is 3.29. The Bertz CT molecular complexity index is 421. The maximum absolute atomic E-state index is 12.7. The highest BCUT2D eigenvalue weighted by atomic mass is 35.5. The molecular formula is C12H15ClF3NO. The normalized spacial score (nSPS) is 15.3. The van der Waals surface area contributed by atoms with E-state index in [9.17, 15) is 13.2 Å². The fraction of sp³-hybridized carbons (Fsp3) is 0.500. The molecule has 0 saturated heterocycles. The maximum Gasteiger partial charge on any atom is 0.420 e. The Morgan fingerprint density at radius 2 is 1.89 bits per heavy atom. The second kappa shape index (κ2) is 5.80. The molecule has 0 atom stereocenters. The smallest absolute Gasteiger partial charge is 0.420 e. The van der Waals surface area contributed by atoms with E-state index in [2.05, 4.69) is 0 Å². The number of hydrogen-bond donors (Lipinski definition) is 0. The first-order valence-electron chi connectivity index (χ1n) is 5.59. The lowest BCUT2D eigenvalue weighted by atomic mass is 10.1. The fourth-order valence-corrected chi connectivity index (χ4v) is 1.90. The molecule has 102 valence electrons. The molecule has 18 heavy (non-hydrogen) atoms. The van der Waals surface area contributed by atoms with Gasteiger partial charge in [0.2, 0.25) is 0 Å². The van der Waals surface area contributed by atoms with Gasteiger partial charge in [-0.25, -0.2) is 0 Å². The summed E-state index contributed by atoms with van der Waals surface area (Å²) >= 11 is 5.66. The third-order valence-electron chi connectivity index (χ3n) is 2.31. The summed E-state index contributed by atoms with van der Waals surface area (Å²) in [5.41, 5.74) is -0.336. The largest absolute Gasteiger partial charge is 0.477 e. The van der Waals surface area contributed by atoms with Crippen molar-refractivity contribution in [2.45, 2.75) is 26.6 Å². The second-order valence-corrected chi connectivity index (χ2v) is 4.16. The SMILES string of the molecule is CC.CN1COc2c(cc(Cl)cc2C(F)(F)F)C1. The molecule has 0 N–H and O–H groups in total. The Balaban J connectivity index is 0.000000771. The highest BCUT2D eigenvalue weighted by molar-refractivity contribution is 6.30. The zero-order valence-electron chi connectivity index (χ0n) is 10.4. The molecule has 1 aromatic rings. The predicted molar refractivity (Wildman–Crippen MR) is 64.8 cm³/mol. The Hall–Kier alpha value is -0.940. The van der Waals surface area contributed by atoms with Crippen molar-refractivity contribution in [1.29, 1.82) is 0 Å². The van der Waals surface area contributed by atoms with Crippen molar-refractivity contribution >= 4 is 11.6 Å². The van der Waals surface area contributed by atoms with Crippen molar-refractivity contribution in [2.24, 2.45) is 0 Å². The average molecular weight is 282 g/mol. The molecular weight excluding hydrogens is 267 g/mol. The molecule has 0 aliphatic carbocycles. The highest BCUT2D eigenvalue weighted by Crippen LogP contribution is 2.41. The van der Waals surface area contributed by atoms with E-state index in [0.29, 0.717) is 12.1 Å². The topological polar surface area (TPSA) is 12.5 Å². The molecule has 0 amide bonds. The summed E-state index contributed by atoms with van der Waals surface area (Å²) in [6, 6.07) is 2.40. The monoisotopic (exact) mass is 281 g/mol. The van der Waals surface area contributed by atoms with E-state index in [0.717, 1.165) is 6.07 Å². The minimum atomic E-state index is -4.44. The van der Waals surface area contributed by atoms with Crippen LogP contribution in [0.3, 0.4) is 0 Å². The molecule has 1 aliphatic heterocycles. The van der Waals surface area contributed by atoms with Crippen molar-refractivity contribution in [1.82, 2.24) is 4.90 Å². The molecule has 1 heterocycles. The zero-order chi connectivity index (χ0) is 13.9. The van der Waals surface area contributed by atoms with E-state index in [-0.39, 0.29) is 17.5 Å². The average Bonchev–Trinajstić information content (AvgIpc) is 2.28. The van der Waals surface area contributed by atoms with Crippen LogP contribution < -0.4 is 4.74 Å². The molecule has 2 nitrogen and oxygen atoms in total. The first kappa shape index (κ1) is 15.1. The first-order chi connectivity index (χ1) is 8.38. The van der Waals surface area contributed by atoms with Crippen LogP contribution in [0.15, 0.2) is 12.1 Å². The zero-order valence-corrected chi connectivity index (χ0v) is 11.2. The maximum atomic E-state index is 12.7. The van der Waals surface area contributed by atoms with Gasteiger partial charge in [-0.1, -0.05) is 25.4 Å². The predicted octanol–water partition coefficient (Wildman–Crippen LogP) is 4.17. The van der Waals surface area contributed by atoms with Crippen molar-refractivity contribution in [3.8, 4) is 5.75 Å². The Morgan fingerprint density at radius 1 is 1.28 bits per heavy atom. The number of alkyl halides is 3. The van der Waals surface area contributed by atoms with Gasteiger partial charge in [-0.3, -0.25) is 4.90 Å². The Labute approximate surface area is 109 Å². The van der Waals surface area contributed by atoms with Crippen LogP contribution in [0.25, 0.3) is 0 Å². The minimum absolute atomic E-state index is 0.0741. The van der Waals surface area contributed by atoms with E-state index >= 15 is 0 Å². The van der Waals surface area contributed by atoms with E-state index < -0.39 is 11.7 Å². The second-order valence-electron chi connectivity index (χ2n) is 3.73.